The van der Waals surface area contributed by atoms with Crippen LogP contribution in [-0.2, 0) is 14.3 Å². The molecule has 122 valence electrons. The van der Waals surface area contributed by atoms with Gasteiger partial charge in [0.2, 0.25) is 5.91 Å². The van der Waals surface area contributed by atoms with E-state index in [0.29, 0.717) is 51.8 Å². The number of aliphatic imine (C=N–C) groups is 1. The number of hydrogen-bond donors (Lipinski definition) is 2. The standard InChI is InChI=1S/C13H24N4O3.HI/c14-13(16-10-11-2-1-7-20-11)15-4-3-12(18)17-5-8-19-9-6-17;/h11H,1-10H2,(H3,14,15,16);1H. The van der Waals surface area contributed by atoms with Gasteiger partial charge in [-0.3, -0.25) is 9.79 Å². The van der Waals surface area contributed by atoms with Crippen molar-refractivity contribution in [3.8, 4) is 0 Å². The first-order valence-corrected chi connectivity index (χ1v) is 7.26. The van der Waals surface area contributed by atoms with E-state index in [4.69, 9.17) is 15.2 Å². The summed E-state index contributed by atoms with van der Waals surface area (Å²) in [5.41, 5.74) is 5.75. The second-order valence-electron chi connectivity index (χ2n) is 5.03. The van der Waals surface area contributed by atoms with Crippen LogP contribution >= 0.6 is 24.0 Å². The number of carbonyl (C=O) groups excluding carboxylic acids is 1. The number of nitrogens with two attached hydrogens (primary N) is 1. The average molecular weight is 412 g/mol. The molecule has 0 spiro atoms. The van der Waals surface area contributed by atoms with Gasteiger partial charge in [-0.05, 0) is 12.8 Å². The molecule has 7 nitrogen and oxygen atoms in total. The first kappa shape index (κ1) is 18.4. The van der Waals surface area contributed by atoms with Gasteiger partial charge in [0.05, 0.1) is 25.9 Å². The molecule has 1 amide bonds. The molecule has 21 heavy (non-hydrogen) atoms. The van der Waals surface area contributed by atoms with E-state index in [2.05, 4.69) is 10.3 Å². The molecule has 2 saturated heterocycles. The highest BCUT2D eigenvalue weighted by Gasteiger charge is 2.16. The van der Waals surface area contributed by atoms with Crippen LogP contribution in [0.4, 0.5) is 0 Å². The topological polar surface area (TPSA) is 89.2 Å². The highest BCUT2D eigenvalue weighted by molar-refractivity contribution is 14.0. The predicted molar refractivity (Wildman–Crippen MR) is 90.9 cm³/mol. The second kappa shape index (κ2) is 10.2. The van der Waals surface area contributed by atoms with E-state index in [0.717, 1.165) is 19.4 Å². The Kier molecular flexibility index (Phi) is 8.93. The molecule has 0 aliphatic carbocycles. The molecule has 0 aromatic heterocycles. The summed E-state index contributed by atoms with van der Waals surface area (Å²) in [5, 5.41) is 2.97. The Hall–Kier alpha value is -0.610. The summed E-state index contributed by atoms with van der Waals surface area (Å²) in [7, 11) is 0. The zero-order chi connectivity index (χ0) is 14.2. The van der Waals surface area contributed by atoms with Gasteiger partial charge in [0.1, 0.15) is 0 Å². The SMILES string of the molecule is I.NC(=NCC1CCCO1)NCCC(=O)N1CCOCC1. The quantitative estimate of drug-likeness (QED) is 0.375. The van der Waals surface area contributed by atoms with Crippen LogP contribution in [0.25, 0.3) is 0 Å². The third kappa shape index (κ3) is 6.79. The Morgan fingerprint density at radius 2 is 2.10 bits per heavy atom. The molecular weight excluding hydrogens is 387 g/mol. The molecule has 8 heteroatoms. The maximum absolute atomic E-state index is 11.9. The summed E-state index contributed by atoms with van der Waals surface area (Å²) in [4.78, 5) is 17.9. The van der Waals surface area contributed by atoms with Crippen LogP contribution in [0.5, 0.6) is 0 Å². The third-order valence-electron chi connectivity index (χ3n) is 3.50. The fraction of sp³-hybridized carbons (Fsp3) is 0.846. The number of nitrogens with zero attached hydrogens (tertiary/aromatic N) is 2. The molecule has 0 bridgehead atoms. The van der Waals surface area contributed by atoms with E-state index in [1.54, 1.807) is 0 Å². The van der Waals surface area contributed by atoms with Crippen molar-refractivity contribution >= 4 is 35.8 Å². The number of amides is 1. The van der Waals surface area contributed by atoms with Gasteiger partial charge in [0.25, 0.3) is 0 Å². The number of nitrogens with one attached hydrogen (secondary N) is 1. The first-order chi connectivity index (χ1) is 9.75. The summed E-state index contributed by atoms with van der Waals surface area (Å²) in [6.45, 7) is 4.55. The number of guanidine groups is 1. The minimum absolute atomic E-state index is 0. The van der Waals surface area contributed by atoms with Crippen molar-refractivity contribution in [1.82, 2.24) is 10.2 Å². The van der Waals surface area contributed by atoms with Gasteiger partial charge in [-0.15, -0.1) is 24.0 Å². The van der Waals surface area contributed by atoms with E-state index in [1.165, 1.54) is 0 Å². The smallest absolute Gasteiger partial charge is 0.224 e. The molecule has 0 aromatic rings. The molecule has 2 rings (SSSR count). The number of rotatable bonds is 5. The van der Waals surface area contributed by atoms with Gasteiger partial charge in [-0.2, -0.15) is 0 Å². The number of halogens is 1. The molecule has 2 aliphatic heterocycles. The maximum Gasteiger partial charge on any atom is 0.224 e. The van der Waals surface area contributed by atoms with Crippen molar-refractivity contribution in [2.24, 2.45) is 10.7 Å². The minimum Gasteiger partial charge on any atom is -0.378 e. The number of carbonyl (C=O) groups is 1. The molecule has 2 heterocycles. The molecule has 1 unspecified atom stereocenters. The van der Waals surface area contributed by atoms with Gasteiger partial charge < -0.3 is 25.4 Å². The number of morpholine rings is 1. The molecule has 2 aliphatic rings. The van der Waals surface area contributed by atoms with E-state index >= 15 is 0 Å². The van der Waals surface area contributed by atoms with Gasteiger partial charge in [-0.25, -0.2) is 0 Å². The molecule has 0 saturated carbocycles. The van der Waals surface area contributed by atoms with Crippen molar-refractivity contribution in [2.75, 3.05) is 46.0 Å². The summed E-state index contributed by atoms with van der Waals surface area (Å²) < 4.78 is 10.7. The Labute approximate surface area is 142 Å². The van der Waals surface area contributed by atoms with Crippen molar-refractivity contribution in [3.05, 3.63) is 0 Å². The van der Waals surface area contributed by atoms with Crippen LogP contribution in [0, 0.1) is 0 Å². The zero-order valence-corrected chi connectivity index (χ0v) is 14.6. The fourth-order valence-electron chi connectivity index (χ4n) is 2.31. The Morgan fingerprint density at radius 1 is 1.33 bits per heavy atom. The third-order valence-corrected chi connectivity index (χ3v) is 3.50. The van der Waals surface area contributed by atoms with E-state index in [-0.39, 0.29) is 36.0 Å². The number of ether oxygens (including phenoxy) is 2. The molecule has 1 atom stereocenters. The van der Waals surface area contributed by atoms with Gasteiger partial charge in [-0.1, -0.05) is 0 Å². The van der Waals surface area contributed by atoms with Gasteiger partial charge in [0.15, 0.2) is 5.96 Å². The average Bonchev–Trinajstić information content (AvgIpc) is 2.99. The Bertz CT molecular complexity index is 342. The molecular formula is C13H25IN4O3. The Morgan fingerprint density at radius 3 is 2.76 bits per heavy atom. The van der Waals surface area contributed by atoms with Crippen LogP contribution in [0.15, 0.2) is 4.99 Å². The molecule has 3 N–H and O–H groups in total. The van der Waals surface area contributed by atoms with Gasteiger partial charge >= 0.3 is 0 Å². The van der Waals surface area contributed by atoms with Crippen LogP contribution in [-0.4, -0.2) is 68.9 Å². The normalized spacial score (nSPS) is 22.8. The lowest BCUT2D eigenvalue weighted by Crippen LogP contribution is -2.42. The zero-order valence-electron chi connectivity index (χ0n) is 12.3. The highest BCUT2D eigenvalue weighted by Crippen LogP contribution is 2.11. The van der Waals surface area contributed by atoms with Gasteiger partial charge in [0, 0.05) is 32.7 Å². The summed E-state index contributed by atoms with van der Waals surface area (Å²) >= 11 is 0. The largest absolute Gasteiger partial charge is 0.378 e. The molecule has 0 radical (unpaired) electrons. The number of hydrogen-bond acceptors (Lipinski definition) is 4. The summed E-state index contributed by atoms with van der Waals surface area (Å²) in [6, 6.07) is 0. The lowest BCUT2D eigenvalue weighted by Gasteiger charge is -2.26. The van der Waals surface area contributed by atoms with Crippen molar-refractivity contribution in [3.63, 3.8) is 0 Å². The van der Waals surface area contributed by atoms with E-state index in [1.807, 2.05) is 4.90 Å². The molecule has 0 aromatic carbocycles. The lowest BCUT2D eigenvalue weighted by atomic mass is 10.2. The first-order valence-electron chi connectivity index (χ1n) is 7.26. The lowest BCUT2D eigenvalue weighted by molar-refractivity contribution is -0.135. The van der Waals surface area contributed by atoms with Crippen molar-refractivity contribution in [2.45, 2.75) is 25.4 Å². The van der Waals surface area contributed by atoms with Crippen LogP contribution in [0.2, 0.25) is 0 Å². The van der Waals surface area contributed by atoms with E-state index in [9.17, 15) is 4.79 Å². The fourth-order valence-corrected chi connectivity index (χ4v) is 2.31. The Balaban J connectivity index is 0.00000220. The molecule has 2 fully saturated rings. The van der Waals surface area contributed by atoms with E-state index < -0.39 is 0 Å². The van der Waals surface area contributed by atoms with Crippen LogP contribution < -0.4 is 11.1 Å². The monoisotopic (exact) mass is 412 g/mol. The van der Waals surface area contributed by atoms with Crippen LogP contribution in [0.1, 0.15) is 19.3 Å². The maximum atomic E-state index is 11.9. The minimum atomic E-state index is 0. The van der Waals surface area contributed by atoms with Crippen molar-refractivity contribution < 1.29 is 14.3 Å². The van der Waals surface area contributed by atoms with Crippen LogP contribution in [0.3, 0.4) is 0 Å². The predicted octanol–water partition coefficient (Wildman–Crippen LogP) is -0.0634. The van der Waals surface area contributed by atoms with Crippen molar-refractivity contribution in [1.29, 1.82) is 0 Å². The second-order valence-corrected chi connectivity index (χ2v) is 5.03. The summed E-state index contributed by atoms with van der Waals surface area (Å²) in [6.07, 6.45) is 2.77. The summed E-state index contributed by atoms with van der Waals surface area (Å²) in [5.74, 6) is 0.517. The highest BCUT2D eigenvalue weighted by atomic mass is 127.